The van der Waals surface area contributed by atoms with E-state index in [0.29, 0.717) is 36.2 Å². The monoisotopic (exact) mass is 439 g/mol. The first-order valence-electron chi connectivity index (χ1n) is 10.6. The molecule has 8 heteroatoms. The van der Waals surface area contributed by atoms with Gasteiger partial charge in [-0.15, -0.1) is 0 Å². The number of hydrogen-bond donors (Lipinski definition) is 2. The number of rotatable bonds is 9. The zero-order valence-corrected chi connectivity index (χ0v) is 19.0. The molecule has 0 aliphatic heterocycles. The fraction of sp³-hybridized carbons (Fsp3) is 0.333. The Morgan fingerprint density at radius 1 is 1.06 bits per heavy atom. The average molecular weight is 440 g/mol. The molecule has 0 fully saturated rings. The Bertz CT molecular complexity index is 1060. The summed E-state index contributed by atoms with van der Waals surface area (Å²) in [7, 11) is 3.25. The van der Waals surface area contributed by atoms with Crippen molar-refractivity contribution < 1.29 is 13.9 Å². The number of methoxy groups -OCH3 is 2. The summed E-state index contributed by atoms with van der Waals surface area (Å²) in [4.78, 5) is 8.74. The highest BCUT2D eigenvalue weighted by Crippen LogP contribution is 2.27. The first-order chi connectivity index (χ1) is 15.5. The van der Waals surface area contributed by atoms with Crippen LogP contribution in [0.2, 0.25) is 0 Å². The lowest BCUT2D eigenvalue weighted by atomic mass is 10.1. The standard InChI is InChI=1S/C24H30FN5O2/c1-5-26-24(28-11-10-18-7-9-22(31-3)23(15-18)32-4)29-16-19-6-8-21(20(25)14-19)30-13-12-27-17(30)2/h6-9,12-15H,5,10-11,16H2,1-4H3,(H2,26,28,29). The molecule has 0 aliphatic carbocycles. The Labute approximate surface area is 188 Å². The molecule has 1 heterocycles. The predicted molar refractivity (Wildman–Crippen MR) is 124 cm³/mol. The van der Waals surface area contributed by atoms with Crippen LogP contribution in [0.1, 0.15) is 23.9 Å². The molecule has 2 aromatic carbocycles. The van der Waals surface area contributed by atoms with Gasteiger partial charge in [0.15, 0.2) is 17.5 Å². The molecule has 0 atom stereocenters. The summed E-state index contributed by atoms with van der Waals surface area (Å²) in [5.74, 6) is 2.54. The molecular formula is C24H30FN5O2. The van der Waals surface area contributed by atoms with Gasteiger partial charge >= 0.3 is 0 Å². The maximum atomic E-state index is 14.6. The summed E-state index contributed by atoms with van der Waals surface area (Å²) in [6.07, 6.45) is 4.19. The molecule has 0 saturated heterocycles. The van der Waals surface area contributed by atoms with Crippen molar-refractivity contribution >= 4 is 5.96 Å². The van der Waals surface area contributed by atoms with Crippen LogP contribution in [0.3, 0.4) is 0 Å². The molecule has 7 nitrogen and oxygen atoms in total. The summed E-state index contributed by atoms with van der Waals surface area (Å²) >= 11 is 0. The van der Waals surface area contributed by atoms with Crippen LogP contribution in [0.15, 0.2) is 53.8 Å². The smallest absolute Gasteiger partial charge is 0.191 e. The molecule has 170 valence electrons. The van der Waals surface area contributed by atoms with Gasteiger partial charge < -0.3 is 24.7 Å². The Balaban J connectivity index is 1.61. The van der Waals surface area contributed by atoms with E-state index in [0.717, 1.165) is 29.9 Å². The van der Waals surface area contributed by atoms with Gasteiger partial charge in [0.1, 0.15) is 11.6 Å². The third-order valence-electron chi connectivity index (χ3n) is 5.02. The van der Waals surface area contributed by atoms with Crippen molar-refractivity contribution in [3.05, 3.63) is 71.6 Å². The van der Waals surface area contributed by atoms with E-state index in [1.807, 2.05) is 38.1 Å². The first-order valence-corrected chi connectivity index (χ1v) is 10.6. The molecule has 0 saturated carbocycles. The van der Waals surface area contributed by atoms with Gasteiger partial charge in [-0.1, -0.05) is 12.1 Å². The van der Waals surface area contributed by atoms with E-state index in [1.165, 1.54) is 6.07 Å². The van der Waals surface area contributed by atoms with Crippen LogP contribution < -0.4 is 20.1 Å². The third kappa shape index (κ3) is 5.78. The van der Waals surface area contributed by atoms with E-state index in [2.05, 4.69) is 20.6 Å². The summed E-state index contributed by atoms with van der Waals surface area (Å²) < 4.78 is 27.0. The van der Waals surface area contributed by atoms with Crippen LogP contribution in [0.25, 0.3) is 5.69 Å². The van der Waals surface area contributed by atoms with Crippen molar-refractivity contribution in [1.29, 1.82) is 0 Å². The van der Waals surface area contributed by atoms with E-state index in [-0.39, 0.29) is 5.82 Å². The number of aryl methyl sites for hydroxylation is 1. The topological polar surface area (TPSA) is 72.7 Å². The molecular weight excluding hydrogens is 409 g/mol. The highest BCUT2D eigenvalue weighted by Gasteiger charge is 2.08. The molecule has 32 heavy (non-hydrogen) atoms. The quantitative estimate of drug-likeness (QED) is 0.393. The van der Waals surface area contributed by atoms with Gasteiger partial charge in [-0.25, -0.2) is 14.4 Å². The molecule has 3 rings (SSSR count). The van der Waals surface area contributed by atoms with Crippen LogP contribution in [-0.2, 0) is 13.0 Å². The second-order valence-electron chi connectivity index (χ2n) is 7.19. The second-order valence-corrected chi connectivity index (χ2v) is 7.19. The van der Waals surface area contributed by atoms with Crippen LogP contribution in [-0.4, -0.2) is 42.8 Å². The Morgan fingerprint density at radius 3 is 2.50 bits per heavy atom. The van der Waals surface area contributed by atoms with Gasteiger partial charge in [0, 0.05) is 25.5 Å². The summed E-state index contributed by atoms with van der Waals surface area (Å²) in [5.41, 5.74) is 2.40. The number of guanidine groups is 1. The molecule has 2 N–H and O–H groups in total. The van der Waals surface area contributed by atoms with Gasteiger partial charge in [0.2, 0.25) is 0 Å². The fourth-order valence-electron chi connectivity index (χ4n) is 3.35. The number of aliphatic imine (C=N–C) groups is 1. The Morgan fingerprint density at radius 2 is 1.84 bits per heavy atom. The van der Waals surface area contributed by atoms with Crippen LogP contribution in [0, 0.1) is 12.7 Å². The van der Waals surface area contributed by atoms with Crippen LogP contribution in [0.5, 0.6) is 11.5 Å². The maximum absolute atomic E-state index is 14.6. The number of ether oxygens (including phenoxy) is 2. The molecule has 0 spiro atoms. The number of aromatic nitrogens is 2. The van der Waals surface area contributed by atoms with E-state index in [9.17, 15) is 4.39 Å². The molecule has 0 bridgehead atoms. The minimum absolute atomic E-state index is 0.301. The van der Waals surface area contributed by atoms with E-state index in [1.54, 1.807) is 37.2 Å². The molecule has 3 aromatic rings. The highest BCUT2D eigenvalue weighted by molar-refractivity contribution is 5.79. The molecule has 1 aromatic heterocycles. The van der Waals surface area contributed by atoms with E-state index < -0.39 is 0 Å². The van der Waals surface area contributed by atoms with Crippen molar-refractivity contribution in [2.75, 3.05) is 27.3 Å². The van der Waals surface area contributed by atoms with Gasteiger partial charge in [-0.05, 0) is 55.7 Å². The summed E-state index contributed by atoms with van der Waals surface area (Å²) in [6.45, 7) is 5.64. The number of halogens is 1. The Hall–Kier alpha value is -3.55. The third-order valence-corrected chi connectivity index (χ3v) is 5.02. The fourth-order valence-corrected chi connectivity index (χ4v) is 3.35. The van der Waals surface area contributed by atoms with Gasteiger partial charge in [0.25, 0.3) is 0 Å². The van der Waals surface area contributed by atoms with Gasteiger partial charge in [0.05, 0.1) is 26.5 Å². The molecule has 0 radical (unpaired) electrons. The number of imidazole rings is 1. The van der Waals surface area contributed by atoms with Crippen LogP contribution >= 0.6 is 0 Å². The summed E-state index contributed by atoms with van der Waals surface area (Å²) in [6, 6.07) is 11.0. The molecule has 0 unspecified atom stereocenters. The minimum Gasteiger partial charge on any atom is -0.493 e. The van der Waals surface area contributed by atoms with Crippen molar-refractivity contribution in [3.63, 3.8) is 0 Å². The first kappa shape index (κ1) is 23.1. The van der Waals surface area contributed by atoms with Gasteiger partial charge in [-0.2, -0.15) is 0 Å². The van der Waals surface area contributed by atoms with E-state index in [4.69, 9.17) is 9.47 Å². The summed E-state index contributed by atoms with van der Waals surface area (Å²) in [5, 5.41) is 6.55. The lowest BCUT2D eigenvalue weighted by Crippen LogP contribution is -2.38. The predicted octanol–water partition coefficient (Wildman–Crippen LogP) is 3.63. The lowest BCUT2D eigenvalue weighted by molar-refractivity contribution is 0.354. The Kier molecular flexibility index (Phi) is 8.08. The minimum atomic E-state index is -0.301. The average Bonchev–Trinajstić information content (AvgIpc) is 3.22. The zero-order chi connectivity index (χ0) is 22.9. The van der Waals surface area contributed by atoms with E-state index >= 15 is 0 Å². The maximum Gasteiger partial charge on any atom is 0.191 e. The largest absolute Gasteiger partial charge is 0.493 e. The number of benzene rings is 2. The SMILES string of the molecule is CCNC(=NCc1ccc(-n2ccnc2C)c(F)c1)NCCc1ccc(OC)c(OC)c1. The lowest BCUT2D eigenvalue weighted by Gasteiger charge is -2.13. The van der Waals surface area contributed by atoms with Gasteiger partial charge in [-0.3, -0.25) is 0 Å². The number of nitrogens with zero attached hydrogens (tertiary/aromatic N) is 3. The second kappa shape index (κ2) is 11.2. The van der Waals surface area contributed by atoms with Crippen LogP contribution in [0.4, 0.5) is 4.39 Å². The van der Waals surface area contributed by atoms with Crippen molar-refractivity contribution in [2.24, 2.45) is 4.99 Å². The van der Waals surface area contributed by atoms with Crippen molar-refractivity contribution in [2.45, 2.75) is 26.8 Å². The molecule has 0 aliphatic rings. The zero-order valence-electron chi connectivity index (χ0n) is 19.0. The normalized spacial score (nSPS) is 11.3. The molecule has 0 amide bonds. The highest BCUT2D eigenvalue weighted by atomic mass is 19.1. The number of hydrogen-bond acceptors (Lipinski definition) is 4. The number of nitrogens with one attached hydrogen (secondary N) is 2. The van der Waals surface area contributed by atoms with Crippen molar-refractivity contribution in [1.82, 2.24) is 20.2 Å². The van der Waals surface area contributed by atoms with Crippen molar-refractivity contribution in [3.8, 4) is 17.2 Å².